The first-order valence-corrected chi connectivity index (χ1v) is 24.7. The Labute approximate surface area is 394 Å². The summed E-state index contributed by atoms with van der Waals surface area (Å²) in [5, 5.41) is 0. The third kappa shape index (κ3) is 26.6. The van der Waals surface area contributed by atoms with Crippen molar-refractivity contribution in [2.45, 2.75) is 212 Å². The minimum Gasteiger partial charge on any atom is -0.489 e. The average molecular weight is 877 g/mol. The van der Waals surface area contributed by atoms with E-state index in [-0.39, 0.29) is 23.1 Å². The van der Waals surface area contributed by atoms with Crippen molar-refractivity contribution < 1.29 is 19.1 Å². The van der Waals surface area contributed by atoms with Gasteiger partial charge in [-0.15, -0.1) is 0 Å². The monoisotopic (exact) mass is 877 g/mol. The molecule has 4 heteroatoms. The van der Waals surface area contributed by atoms with Gasteiger partial charge in [-0.05, 0) is 212 Å². The molecule has 0 N–H and O–H groups in total. The summed E-state index contributed by atoms with van der Waals surface area (Å²) < 4.78 is 10.7. The third-order valence-corrected chi connectivity index (χ3v) is 12.2. The molecular weight excluding hydrogens is 785 g/mol. The number of Topliss-reactive ketones (excluding diaryl/α,β-unsaturated/α-hetero) is 2. The Kier molecular flexibility index (Phi) is 30.9. The molecule has 0 aromatic heterocycles. The lowest BCUT2D eigenvalue weighted by atomic mass is 9.90. The fourth-order valence-electron chi connectivity index (χ4n) is 7.68. The van der Waals surface area contributed by atoms with Crippen LogP contribution in [0.1, 0.15) is 212 Å². The second-order valence-electron chi connectivity index (χ2n) is 18.8. The maximum atomic E-state index is 13.0. The van der Waals surface area contributed by atoms with Crippen molar-refractivity contribution in [2.24, 2.45) is 0 Å². The van der Waals surface area contributed by atoms with Gasteiger partial charge in [-0.25, -0.2) is 0 Å². The molecule has 0 spiro atoms. The summed E-state index contributed by atoms with van der Waals surface area (Å²) in [6, 6.07) is 0. The third-order valence-electron chi connectivity index (χ3n) is 12.2. The molecule has 1 aliphatic carbocycles. The quantitative estimate of drug-likeness (QED) is 0.0499. The summed E-state index contributed by atoms with van der Waals surface area (Å²) in [5.41, 5.74) is 15.5. The van der Waals surface area contributed by atoms with E-state index >= 15 is 0 Å². The molecule has 0 saturated carbocycles. The Bertz CT molecular complexity index is 1860. The lowest BCUT2D eigenvalue weighted by molar-refractivity contribution is -0.121. The van der Waals surface area contributed by atoms with Gasteiger partial charge in [-0.1, -0.05) is 116 Å². The molecule has 0 saturated heterocycles. The van der Waals surface area contributed by atoms with Crippen LogP contribution < -0.4 is 0 Å². The highest BCUT2D eigenvalue weighted by molar-refractivity contribution is 6.23. The van der Waals surface area contributed by atoms with Gasteiger partial charge in [0.25, 0.3) is 0 Å². The summed E-state index contributed by atoms with van der Waals surface area (Å²) in [6.45, 7) is 28.4. The molecule has 0 bridgehead atoms. The van der Waals surface area contributed by atoms with Gasteiger partial charge in [-0.2, -0.15) is 0 Å². The Hall–Kier alpha value is -4.18. The molecule has 1 rings (SSSR count). The summed E-state index contributed by atoms with van der Waals surface area (Å²) in [6.07, 6.45) is 44.3. The van der Waals surface area contributed by atoms with Gasteiger partial charge in [0.1, 0.15) is 0 Å². The molecule has 0 radical (unpaired) electrons. The van der Waals surface area contributed by atoms with Crippen LogP contribution in [0.25, 0.3) is 0 Å². The molecule has 0 aromatic carbocycles. The summed E-state index contributed by atoms with van der Waals surface area (Å²) in [5.74, 6) is -0.490. The second kappa shape index (κ2) is 34.2. The number of methoxy groups -OCH3 is 1. The number of ketones is 2. The highest BCUT2D eigenvalue weighted by Gasteiger charge is 2.34. The van der Waals surface area contributed by atoms with E-state index in [1.54, 1.807) is 13.8 Å². The zero-order valence-electron chi connectivity index (χ0n) is 43.5. The second-order valence-corrected chi connectivity index (χ2v) is 18.8. The number of rotatable bonds is 32. The first kappa shape index (κ1) is 57.8. The van der Waals surface area contributed by atoms with Crippen LogP contribution in [0.2, 0.25) is 0 Å². The zero-order chi connectivity index (χ0) is 47.9. The normalized spacial score (nSPS) is 15.8. The number of hydrogen-bond donors (Lipinski definition) is 0. The number of hydrogen-bond acceptors (Lipinski definition) is 4. The van der Waals surface area contributed by atoms with Crippen LogP contribution in [0.5, 0.6) is 0 Å². The van der Waals surface area contributed by atoms with Crippen LogP contribution in [0.3, 0.4) is 0 Å². The van der Waals surface area contributed by atoms with Crippen molar-refractivity contribution in [2.75, 3.05) is 13.7 Å². The lowest BCUT2D eigenvalue weighted by Gasteiger charge is -2.20. The molecular formula is C60H92O4. The van der Waals surface area contributed by atoms with Gasteiger partial charge in [0, 0.05) is 11.1 Å². The van der Waals surface area contributed by atoms with Gasteiger partial charge >= 0.3 is 0 Å². The van der Waals surface area contributed by atoms with Crippen molar-refractivity contribution in [3.63, 3.8) is 0 Å². The molecule has 0 unspecified atom stereocenters. The fraction of sp³-hybridized carbons (Fsp3) is 0.567. The largest absolute Gasteiger partial charge is 0.489 e. The standard InChI is InChI=1S/C60H92O4/c1-15-64-60-57(61)55(13)56(58(62)59(60)63-14)44-43-54(12)42-24-41-53(11)40-23-39-52(10)38-22-37-51(9)36-21-35-50(8)34-20-33-49(7)32-19-31-48(6)30-18-29-47(5)28-17-27-46(4)26-16-25-45(2)3/h25,27,29,31,33,35,37,39,41,43H,15-24,26,28,30,32,34,36,38,40,42,44H2,1-14H3/b46-27+,47-29+,48-31+,49-33+,50-35+,51-37+,52-39+,53-41+,54-43+. The van der Waals surface area contributed by atoms with Crippen LogP contribution in [-0.4, -0.2) is 25.3 Å². The van der Waals surface area contributed by atoms with Crippen LogP contribution in [0.4, 0.5) is 0 Å². The molecule has 0 heterocycles. The minimum atomic E-state index is -0.266. The van der Waals surface area contributed by atoms with Gasteiger partial charge in [0.2, 0.25) is 23.1 Å². The van der Waals surface area contributed by atoms with Crippen LogP contribution in [-0.2, 0) is 19.1 Å². The predicted molar refractivity (Wildman–Crippen MR) is 279 cm³/mol. The Morgan fingerprint density at radius 2 is 0.656 bits per heavy atom. The van der Waals surface area contributed by atoms with Gasteiger partial charge < -0.3 is 9.47 Å². The smallest absolute Gasteiger partial charge is 0.228 e. The summed E-state index contributed by atoms with van der Waals surface area (Å²) in [4.78, 5) is 25.8. The molecule has 1 aliphatic rings. The Morgan fingerprint density at radius 1 is 0.391 bits per heavy atom. The van der Waals surface area contributed by atoms with E-state index in [2.05, 4.69) is 137 Å². The van der Waals surface area contributed by atoms with Crippen molar-refractivity contribution in [1.29, 1.82) is 0 Å². The van der Waals surface area contributed by atoms with E-state index in [1.807, 2.05) is 0 Å². The predicted octanol–water partition coefficient (Wildman–Crippen LogP) is 18.2. The highest BCUT2D eigenvalue weighted by Crippen LogP contribution is 2.29. The number of allylic oxidation sites excluding steroid dienone is 22. The van der Waals surface area contributed by atoms with Gasteiger partial charge in [0.05, 0.1) is 13.7 Å². The Morgan fingerprint density at radius 3 is 0.906 bits per heavy atom. The van der Waals surface area contributed by atoms with Crippen molar-refractivity contribution in [1.82, 2.24) is 0 Å². The van der Waals surface area contributed by atoms with Gasteiger partial charge in [0.15, 0.2) is 0 Å². The van der Waals surface area contributed by atoms with E-state index in [4.69, 9.17) is 9.47 Å². The molecule has 4 nitrogen and oxygen atoms in total. The van der Waals surface area contributed by atoms with E-state index in [9.17, 15) is 9.59 Å². The molecule has 0 aliphatic heterocycles. The van der Waals surface area contributed by atoms with E-state index in [0.717, 1.165) is 96.3 Å². The van der Waals surface area contributed by atoms with Crippen molar-refractivity contribution >= 4 is 11.6 Å². The van der Waals surface area contributed by atoms with Gasteiger partial charge in [-0.3, -0.25) is 9.59 Å². The number of ether oxygens (including phenoxy) is 2. The molecule has 64 heavy (non-hydrogen) atoms. The maximum absolute atomic E-state index is 13.0. The van der Waals surface area contributed by atoms with Crippen molar-refractivity contribution in [3.05, 3.63) is 139 Å². The Balaban J connectivity index is 2.32. The number of carbonyl (C=O) groups excluding carboxylic acids is 2. The molecule has 0 aromatic rings. The lowest BCUT2D eigenvalue weighted by Crippen LogP contribution is -2.25. The van der Waals surface area contributed by atoms with E-state index in [0.29, 0.717) is 24.2 Å². The first-order chi connectivity index (χ1) is 30.5. The number of carbonyl (C=O) groups is 2. The van der Waals surface area contributed by atoms with Crippen LogP contribution in [0, 0.1) is 0 Å². The zero-order valence-corrected chi connectivity index (χ0v) is 43.5. The maximum Gasteiger partial charge on any atom is 0.228 e. The minimum absolute atomic E-state index is 0.0112. The van der Waals surface area contributed by atoms with Crippen molar-refractivity contribution in [3.8, 4) is 0 Å². The summed E-state index contributed by atoms with van der Waals surface area (Å²) in [7, 11) is 1.41. The summed E-state index contributed by atoms with van der Waals surface area (Å²) >= 11 is 0. The van der Waals surface area contributed by atoms with Crippen LogP contribution >= 0.6 is 0 Å². The van der Waals surface area contributed by atoms with E-state index in [1.165, 1.54) is 82.1 Å². The molecule has 0 fully saturated rings. The van der Waals surface area contributed by atoms with Crippen LogP contribution in [0.15, 0.2) is 139 Å². The topological polar surface area (TPSA) is 52.6 Å². The highest BCUT2D eigenvalue weighted by atomic mass is 16.5. The fourth-order valence-corrected chi connectivity index (χ4v) is 7.68. The first-order valence-electron chi connectivity index (χ1n) is 24.7. The molecule has 0 atom stereocenters. The van der Waals surface area contributed by atoms with E-state index < -0.39 is 0 Å². The molecule has 0 amide bonds. The SMILES string of the molecule is CCOC1=C(OC)C(=O)C(C/C=C(\C)CC/C=C(\C)CC/C=C(\C)CC/C=C(\C)CC/C=C(\C)CC/C=C(\C)CC/C=C(\C)CC/C=C(\C)CC/C=C(\C)CCC=C(C)C)=C(C)C1=O. The average Bonchev–Trinajstić information content (AvgIpc) is 3.22. The molecule has 356 valence electrons.